The summed E-state index contributed by atoms with van der Waals surface area (Å²) in [6.07, 6.45) is 1.86. The molecule has 0 atom stereocenters. The van der Waals surface area contributed by atoms with Crippen molar-refractivity contribution < 1.29 is 19.0 Å². The Morgan fingerprint density at radius 2 is 1.29 bits per heavy atom. The third-order valence-electron chi connectivity index (χ3n) is 3.43. The third kappa shape index (κ3) is 5.32. The second-order valence-corrected chi connectivity index (χ2v) is 5.39. The van der Waals surface area contributed by atoms with Gasteiger partial charge in [0.25, 0.3) is 5.91 Å². The maximum absolute atomic E-state index is 12.9. The van der Waals surface area contributed by atoms with E-state index in [0.717, 1.165) is 25.9 Å². The predicted molar refractivity (Wildman–Crippen MR) is 96.4 cm³/mol. The number of hydrogen-bond donors (Lipinski definition) is 0. The van der Waals surface area contributed by atoms with E-state index < -0.39 is 0 Å². The average Bonchev–Trinajstić information content (AvgIpc) is 2.57. The molecule has 0 heterocycles. The number of hydrogen-bond acceptors (Lipinski definition) is 4. The van der Waals surface area contributed by atoms with Crippen molar-refractivity contribution in [2.24, 2.45) is 0 Å². The summed E-state index contributed by atoms with van der Waals surface area (Å²) in [6, 6.07) is 3.52. The van der Waals surface area contributed by atoms with Crippen LogP contribution in [0.25, 0.3) is 0 Å². The van der Waals surface area contributed by atoms with Gasteiger partial charge in [-0.05, 0) is 45.7 Å². The van der Waals surface area contributed by atoms with Gasteiger partial charge in [-0.25, -0.2) is 0 Å². The van der Waals surface area contributed by atoms with Crippen molar-refractivity contribution in [2.75, 3.05) is 32.9 Å². The average molecular weight is 337 g/mol. The van der Waals surface area contributed by atoms with Gasteiger partial charge in [0.15, 0.2) is 11.5 Å². The molecule has 1 aromatic rings. The summed E-state index contributed by atoms with van der Waals surface area (Å²) in [5.41, 5.74) is 0.576. The first-order chi connectivity index (χ1) is 11.6. The van der Waals surface area contributed by atoms with E-state index in [0.29, 0.717) is 42.6 Å². The highest BCUT2D eigenvalue weighted by molar-refractivity contribution is 5.95. The van der Waals surface area contributed by atoms with Crippen molar-refractivity contribution in [3.63, 3.8) is 0 Å². The summed E-state index contributed by atoms with van der Waals surface area (Å²) in [7, 11) is 0. The van der Waals surface area contributed by atoms with Crippen LogP contribution in [0.2, 0.25) is 0 Å². The van der Waals surface area contributed by atoms with Crippen LogP contribution in [0.15, 0.2) is 12.1 Å². The van der Waals surface area contributed by atoms with Crippen LogP contribution >= 0.6 is 0 Å². The molecule has 0 N–H and O–H groups in total. The van der Waals surface area contributed by atoms with E-state index in [1.807, 2.05) is 25.7 Å². The van der Waals surface area contributed by atoms with Gasteiger partial charge >= 0.3 is 0 Å². The van der Waals surface area contributed by atoms with Crippen LogP contribution in [-0.2, 0) is 0 Å². The molecule has 136 valence electrons. The molecular weight excluding hydrogens is 306 g/mol. The van der Waals surface area contributed by atoms with Crippen LogP contribution in [-0.4, -0.2) is 43.7 Å². The summed E-state index contributed by atoms with van der Waals surface area (Å²) < 4.78 is 17.1. The molecule has 1 aromatic carbocycles. The van der Waals surface area contributed by atoms with E-state index in [2.05, 4.69) is 13.8 Å². The van der Waals surface area contributed by atoms with Gasteiger partial charge in [-0.1, -0.05) is 13.8 Å². The fourth-order valence-corrected chi connectivity index (χ4v) is 2.55. The van der Waals surface area contributed by atoms with Crippen molar-refractivity contribution in [3.05, 3.63) is 17.7 Å². The van der Waals surface area contributed by atoms with Gasteiger partial charge in [-0.15, -0.1) is 0 Å². The minimum absolute atomic E-state index is 0.00338. The maximum Gasteiger partial charge on any atom is 0.254 e. The number of rotatable bonds is 11. The van der Waals surface area contributed by atoms with Crippen molar-refractivity contribution in [1.29, 1.82) is 0 Å². The molecule has 0 aliphatic carbocycles. The van der Waals surface area contributed by atoms with Crippen LogP contribution in [0.5, 0.6) is 17.2 Å². The number of benzene rings is 1. The number of amides is 1. The zero-order valence-electron chi connectivity index (χ0n) is 15.7. The Morgan fingerprint density at radius 3 is 1.67 bits per heavy atom. The fourth-order valence-electron chi connectivity index (χ4n) is 2.55. The van der Waals surface area contributed by atoms with Crippen LogP contribution in [0.4, 0.5) is 0 Å². The Kier molecular flexibility index (Phi) is 9.05. The quantitative estimate of drug-likeness (QED) is 0.609. The number of carbonyl (C=O) groups is 1. The van der Waals surface area contributed by atoms with Crippen molar-refractivity contribution in [1.82, 2.24) is 4.90 Å². The summed E-state index contributed by atoms with van der Waals surface area (Å²) in [5.74, 6) is 1.68. The molecule has 0 fully saturated rings. The molecule has 0 spiro atoms. The molecule has 0 radical (unpaired) electrons. The van der Waals surface area contributed by atoms with E-state index in [1.54, 1.807) is 12.1 Å². The molecule has 0 unspecified atom stereocenters. The molecule has 0 bridgehead atoms. The highest BCUT2D eigenvalue weighted by Gasteiger charge is 2.21. The highest BCUT2D eigenvalue weighted by atomic mass is 16.5. The van der Waals surface area contributed by atoms with Crippen LogP contribution in [0.1, 0.15) is 57.8 Å². The zero-order valence-corrected chi connectivity index (χ0v) is 15.7. The summed E-state index contributed by atoms with van der Waals surface area (Å²) >= 11 is 0. The Bertz CT molecular complexity index is 483. The molecule has 1 rings (SSSR count). The smallest absolute Gasteiger partial charge is 0.254 e. The minimum Gasteiger partial charge on any atom is -0.490 e. The van der Waals surface area contributed by atoms with E-state index in [4.69, 9.17) is 14.2 Å². The largest absolute Gasteiger partial charge is 0.490 e. The molecule has 0 aliphatic rings. The van der Waals surface area contributed by atoms with Crippen LogP contribution < -0.4 is 14.2 Å². The van der Waals surface area contributed by atoms with Gasteiger partial charge in [-0.2, -0.15) is 0 Å². The molecule has 5 nitrogen and oxygen atoms in total. The molecule has 0 aliphatic heterocycles. The lowest BCUT2D eigenvalue weighted by atomic mass is 10.1. The lowest BCUT2D eigenvalue weighted by molar-refractivity contribution is 0.0754. The van der Waals surface area contributed by atoms with Gasteiger partial charge in [0.1, 0.15) is 0 Å². The Labute approximate surface area is 145 Å². The second-order valence-electron chi connectivity index (χ2n) is 5.39. The van der Waals surface area contributed by atoms with Gasteiger partial charge in [-0.3, -0.25) is 4.79 Å². The number of ether oxygens (including phenoxy) is 3. The number of nitrogens with zero attached hydrogens (tertiary/aromatic N) is 1. The molecule has 0 aromatic heterocycles. The van der Waals surface area contributed by atoms with Crippen LogP contribution in [0, 0.1) is 0 Å². The first-order valence-electron chi connectivity index (χ1n) is 8.98. The first kappa shape index (κ1) is 20.1. The van der Waals surface area contributed by atoms with Gasteiger partial charge < -0.3 is 19.1 Å². The molecule has 0 saturated carbocycles. The first-order valence-corrected chi connectivity index (χ1v) is 8.98. The van der Waals surface area contributed by atoms with Gasteiger partial charge in [0, 0.05) is 18.7 Å². The molecular formula is C19H31NO4. The lowest BCUT2D eigenvalue weighted by Crippen LogP contribution is -2.32. The molecule has 0 saturated heterocycles. The highest BCUT2D eigenvalue weighted by Crippen LogP contribution is 2.39. The molecule has 24 heavy (non-hydrogen) atoms. The zero-order chi connectivity index (χ0) is 17.9. The fraction of sp³-hybridized carbons (Fsp3) is 0.632. The van der Waals surface area contributed by atoms with Crippen molar-refractivity contribution in [3.8, 4) is 17.2 Å². The van der Waals surface area contributed by atoms with Crippen LogP contribution in [0.3, 0.4) is 0 Å². The Balaban J connectivity index is 3.28. The SMILES string of the molecule is CCCN(CCC)C(=O)c1cc(OCC)c(OCC)c(OCC)c1. The van der Waals surface area contributed by atoms with E-state index in [9.17, 15) is 4.79 Å². The maximum atomic E-state index is 12.9. The Hall–Kier alpha value is -1.91. The Morgan fingerprint density at radius 1 is 0.833 bits per heavy atom. The van der Waals surface area contributed by atoms with Crippen molar-refractivity contribution in [2.45, 2.75) is 47.5 Å². The predicted octanol–water partition coefficient (Wildman–Crippen LogP) is 4.14. The summed E-state index contributed by atoms with van der Waals surface area (Å²) in [4.78, 5) is 14.8. The summed E-state index contributed by atoms with van der Waals surface area (Å²) in [5, 5.41) is 0. The van der Waals surface area contributed by atoms with E-state index in [-0.39, 0.29) is 5.91 Å². The van der Waals surface area contributed by atoms with Gasteiger partial charge in [0.05, 0.1) is 19.8 Å². The second kappa shape index (κ2) is 10.8. The summed E-state index contributed by atoms with van der Waals surface area (Å²) in [6.45, 7) is 12.9. The molecule has 5 heteroatoms. The van der Waals surface area contributed by atoms with Gasteiger partial charge in [0.2, 0.25) is 5.75 Å². The minimum atomic E-state index is 0.00338. The normalized spacial score (nSPS) is 10.4. The third-order valence-corrected chi connectivity index (χ3v) is 3.43. The number of carbonyl (C=O) groups excluding carboxylic acids is 1. The monoisotopic (exact) mass is 337 g/mol. The van der Waals surface area contributed by atoms with E-state index >= 15 is 0 Å². The molecule has 1 amide bonds. The van der Waals surface area contributed by atoms with E-state index in [1.165, 1.54) is 0 Å². The topological polar surface area (TPSA) is 48.0 Å². The standard InChI is InChI=1S/C19H31NO4/c1-6-11-20(12-7-2)19(21)15-13-16(22-8-3)18(24-10-5)17(14-15)23-9-4/h13-14H,6-12H2,1-5H3. The lowest BCUT2D eigenvalue weighted by Gasteiger charge is -2.23. The van der Waals surface area contributed by atoms with Crippen molar-refractivity contribution >= 4 is 5.91 Å².